The maximum absolute atomic E-state index is 13.6. The van der Waals surface area contributed by atoms with Gasteiger partial charge in [-0.05, 0) is 70.2 Å². The minimum atomic E-state index is -4.34. The van der Waals surface area contributed by atoms with Crippen LogP contribution in [-0.2, 0) is 11.2 Å². The zero-order valence-corrected chi connectivity index (χ0v) is 23.3. The summed E-state index contributed by atoms with van der Waals surface area (Å²) in [6.07, 6.45) is 1.41. The highest BCUT2D eigenvalue weighted by Gasteiger charge is 2.38. The van der Waals surface area contributed by atoms with Crippen LogP contribution in [-0.4, -0.2) is 63.5 Å². The van der Waals surface area contributed by atoms with Gasteiger partial charge in [0.05, 0.1) is 31.6 Å². The Balaban J connectivity index is 1.47. The smallest absolute Gasteiger partial charge is 0.405 e. The molecule has 0 bridgehead atoms. The van der Waals surface area contributed by atoms with Crippen LogP contribution in [0.3, 0.4) is 0 Å². The Kier molecular flexibility index (Phi) is 9.54. The van der Waals surface area contributed by atoms with Crippen LogP contribution in [0.5, 0.6) is 5.75 Å². The van der Waals surface area contributed by atoms with Gasteiger partial charge in [-0.2, -0.15) is 13.2 Å². The summed E-state index contributed by atoms with van der Waals surface area (Å²) in [4.78, 5) is 3.67. The average molecular weight is 555 g/mol. The minimum absolute atomic E-state index is 0.249. The zero-order chi connectivity index (χ0) is 28.7. The number of ether oxygens (including phenoxy) is 2. The summed E-state index contributed by atoms with van der Waals surface area (Å²) in [5.41, 5.74) is 3.88. The highest BCUT2D eigenvalue weighted by atomic mass is 19.4. The van der Waals surface area contributed by atoms with E-state index >= 15 is 0 Å². The number of allylic oxidation sites excluding steroid dienone is 1. The fourth-order valence-corrected chi connectivity index (χ4v) is 5.09. The zero-order valence-electron chi connectivity index (χ0n) is 23.3. The number of fused-ring (bicyclic) bond motifs is 1. The molecule has 9 heteroatoms. The fraction of sp³-hybridized carbons (Fsp3) is 0.419. The van der Waals surface area contributed by atoms with Gasteiger partial charge in [-0.3, -0.25) is 0 Å². The van der Waals surface area contributed by atoms with E-state index in [2.05, 4.69) is 41.0 Å². The highest BCUT2D eigenvalue weighted by molar-refractivity contribution is 5.72. The second kappa shape index (κ2) is 13.1. The molecule has 214 valence electrons. The van der Waals surface area contributed by atoms with E-state index in [-0.39, 0.29) is 6.54 Å². The fourth-order valence-electron chi connectivity index (χ4n) is 5.09. The number of anilines is 3. The Morgan fingerprint density at radius 2 is 1.95 bits per heavy atom. The molecule has 1 atom stereocenters. The van der Waals surface area contributed by atoms with Crippen LogP contribution in [0.25, 0.3) is 5.76 Å². The van der Waals surface area contributed by atoms with E-state index in [0.29, 0.717) is 35.3 Å². The molecule has 4 rings (SSSR count). The van der Waals surface area contributed by atoms with Crippen molar-refractivity contribution in [3.63, 3.8) is 0 Å². The first-order valence-corrected chi connectivity index (χ1v) is 13.5. The van der Waals surface area contributed by atoms with Gasteiger partial charge in [0.2, 0.25) is 0 Å². The first-order chi connectivity index (χ1) is 19.2. The second-order valence-corrected chi connectivity index (χ2v) is 10.1. The quantitative estimate of drug-likeness (QED) is 0.287. The van der Waals surface area contributed by atoms with Crippen molar-refractivity contribution in [2.75, 3.05) is 55.9 Å². The molecule has 0 radical (unpaired) electrons. The number of hydrogen-bond acceptors (Lipinski definition) is 6. The molecule has 40 heavy (non-hydrogen) atoms. The van der Waals surface area contributed by atoms with E-state index < -0.39 is 18.8 Å². The highest BCUT2D eigenvalue weighted by Crippen LogP contribution is 2.39. The third-order valence-corrected chi connectivity index (χ3v) is 7.17. The van der Waals surface area contributed by atoms with E-state index in [1.807, 2.05) is 31.2 Å². The predicted octanol–water partition coefficient (Wildman–Crippen LogP) is 6.13. The molecular formula is C31H37F3N4O2. The number of nitrogens with zero attached hydrogens (tertiary/aromatic N) is 2. The first kappa shape index (κ1) is 29.2. The summed E-state index contributed by atoms with van der Waals surface area (Å²) in [7, 11) is 3.67. The average Bonchev–Trinajstić information content (AvgIpc) is 3.27. The lowest BCUT2D eigenvalue weighted by molar-refractivity contribution is -0.120. The number of rotatable bonds is 9. The van der Waals surface area contributed by atoms with Gasteiger partial charge < -0.3 is 29.9 Å². The van der Waals surface area contributed by atoms with Crippen molar-refractivity contribution in [3.8, 4) is 17.6 Å². The Morgan fingerprint density at radius 3 is 2.65 bits per heavy atom. The molecule has 0 aromatic heterocycles. The summed E-state index contributed by atoms with van der Waals surface area (Å²) in [5, 5.41) is 6.81. The topological polar surface area (TPSA) is 49.0 Å². The summed E-state index contributed by atoms with van der Waals surface area (Å²) < 4.78 is 51.7. The Bertz CT molecular complexity index is 1270. The standard InChI is InChI=1S/C31H37F3N4O2/c1-5-18-40-22(2)23-11-12-28(30(19-23)39-4)35-15-7-8-25-20-26-27(36-24-13-16-37(3)17-14-24)9-6-10-29(26)38(25)21-31(32,33)34/h5-6,9-12,18-19,24-25,35-36H,2,13-17,20-21H2,1,3-4H3/b18-5-. The summed E-state index contributed by atoms with van der Waals surface area (Å²) >= 11 is 0. The normalized spacial score (nSPS) is 17.8. The van der Waals surface area contributed by atoms with E-state index in [4.69, 9.17) is 9.47 Å². The van der Waals surface area contributed by atoms with Crippen molar-refractivity contribution < 1.29 is 22.6 Å². The summed E-state index contributed by atoms with van der Waals surface area (Å²) in [5.74, 6) is 7.21. The second-order valence-electron chi connectivity index (χ2n) is 10.1. The number of hydrogen-bond donors (Lipinski definition) is 2. The van der Waals surface area contributed by atoms with Crippen LogP contribution < -0.4 is 20.3 Å². The van der Waals surface area contributed by atoms with Gasteiger partial charge in [0, 0.05) is 35.0 Å². The molecule has 6 nitrogen and oxygen atoms in total. The molecule has 2 aromatic carbocycles. The SMILES string of the molecule is C=C(O/C=C\C)c1ccc(NCC#CC2Cc3c(NC4CCN(C)CC4)cccc3N2CC(F)(F)F)c(OC)c1. The number of piperidine rings is 1. The maximum Gasteiger partial charge on any atom is 0.405 e. The lowest BCUT2D eigenvalue weighted by atomic mass is 10.0. The first-order valence-electron chi connectivity index (χ1n) is 13.5. The van der Waals surface area contributed by atoms with Crippen molar-refractivity contribution in [1.29, 1.82) is 0 Å². The largest absolute Gasteiger partial charge is 0.495 e. The molecule has 2 aliphatic heterocycles. The van der Waals surface area contributed by atoms with Gasteiger partial charge in [0.15, 0.2) is 0 Å². The van der Waals surface area contributed by atoms with Crippen LogP contribution in [0.15, 0.2) is 55.3 Å². The molecule has 1 fully saturated rings. The van der Waals surface area contributed by atoms with Crippen molar-refractivity contribution >= 4 is 22.8 Å². The van der Waals surface area contributed by atoms with Gasteiger partial charge in [0.1, 0.15) is 18.1 Å². The molecule has 1 saturated heterocycles. The number of methoxy groups -OCH3 is 1. The van der Waals surface area contributed by atoms with Crippen LogP contribution in [0.2, 0.25) is 0 Å². The molecular weight excluding hydrogens is 517 g/mol. The third-order valence-electron chi connectivity index (χ3n) is 7.17. The van der Waals surface area contributed by atoms with E-state index in [1.54, 1.807) is 31.6 Å². The van der Waals surface area contributed by atoms with Crippen molar-refractivity contribution in [2.24, 2.45) is 0 Å². The number of nitrogens with one attached hydrogen (secondary N) is 2. The van der Waals surface area contributed by atoms with E-state index in [1.165, 1.54) is 4.90 Å². The Hall–Kier alpha value is -3.77. The van der Waals surface area contributed by atoms with E-state index in [9.17, 15) is 13.2 Å². The van der Waals surface area contributed by atoms with Crippen molar-refractivity contribution in [1.82, 2.24) is 4.90 Å². The van der Waals surface area contributed by atoms with Crippen LogP contribution in [0.1, 0.15) is 30.9 Å². The van der Waals surface area contributed by atoms with Crippen molar-refractivity contribution in [3.05, 3.63) is 66.4 Å². The lowest BCUT2D eigenvalue weighted by Crippen LogP contribution is -2.39. The molecule has 0 amide bonds. The summed E-state index contributed by atoms with van der Waals surface area (Å²) in [6, 6.07) is 10.8. The Labute approximate surface area is 234 Å². The number of likely N-dealkylation sites (tertiary alicyclic amines) is 1. The predicted molar refractivity (Wildman–Crippen MR) is 156 cm³/mol. The molecule has 1 unspecified atom stereocenters. The monoisotopic (exact) mass is 554 g/mol. The molecule has 2 aromatic rings. The van der Waals surface area contributed by atoms with Gasteiger partial charge >= 0.3 is 6.18 Å². The Morgan fingerprint density at radius 1 is 1.18 bits per heavy atom. The number of halogens is 3. The number of benzene rings is 2. The summed E-state index contributed by atoms with van der Waals surface area (Å²) in [6.45, 7) is 6.97. The van der Waals surface area contributed by atoms with Gasteiger partial charge in [0.25, 0.3) is 0 Å². The third kappa shape index (κ3) is 7.45. The molecule has 2 N–H and O–H groups in total. The maximum atomic E-state index is 13.6. The van der Waals surface area contributed by atoms with Gasteiger partial charge in [-0.1, -0.05) is 30.6 Å². The molecule has 2 aliphatic rings. The van der Waals surface area contributed by atoms with Gasteiger partial charge in [-0.25, -0.2) is 0 Å². The molecule has 0 aliphatic carbocycles. The molecule has 0 spiro atoms. The number of alkyl halides is 3. The van der Waals surface area contributed by atoms with Crippen molar-refractivity contribution in [2.45, 2.75) is 44.4 Å². The lowest BCUT2D eigenvalue weighted by Gasteiger charge is -2.30. The van der Waals surface area contributed by atoms with Gasteiger partial charge in [-0.15, -0.1) is 0 Å². The van der Waals surface area contributed by atoms with Crippen LogP contribution in [0.4, 0.5) is 30.2 Å². The molecule has 0 saturated carbocycles. The van der Waals surface area contributed by atoms with E-state index in [0.717, 1.165) is 42.7 Å². The minimum Gasteiger partial charge on any atom is -0.495 e. The van der Waals surface area contributed by atoms with Crippen LogP contribution in [0, 0.1) is 11.8 Å². The molecule has 2 heterocycles. The van der Waals surface area contributed by atoms with Crippen LogP contribution >= 0.6 is 0 Å².